The first-order valence-electron chi connectivity index (χ1n) is 7.05. The minimum absolute atomic E-state index is 0.174. The lowest BCUT2D eigenvalue weighted by atomic mass is 10.1. The van der Waals surface area contributed by atoms with Crippen LogP contribution in [-0.4, -0.2) is 29.2 Å². The van der Waals surface area contributed by atoms with Gasteiger partial charge in [-0.2, -0.15) is 0 Å². The number of aromatic carboxylic acids is 1. The number of carbonyl (C=O) groups excluding carboxylic acids is 1. The molecule has 0 fully saturated rings. The maximum Gasteiger partial charge on any atom is 0.335 e. The zero-order valence-electron chi connectivity index (χ0n) is 12.9. The second kappa shape index (κ2) is 8.07. The molecule has 0 saturated carbocycles. The summed E-state index contributed by atoms with van der Waals surface area (Å²) in [5.41, 5.74) is 1.44. The Balaban J connectivity index is 1.91. The predicted octanol–water partition coefficient (Wildman–Crippen LogP) is 2.20. The molecule has 2 aromatic rings. The Morgan fingerprint density at radius 2 is 1.79 bits per heavy atom. The van der Waals surface area contributed by atoms with Gasteiger partial charge in [0.05, 0.1) is 18.2 Å². The highest BCUT2D eigenvalue weighted by Crippen LogP contribution is 2.16. The van der Waals surface area contributed by atoms with Gasteiger partial charge < -0.3 is 15.2 Å². The second-order valence-corrected chi connectivity index (χ2v) is 5.25. The number of amides is 1. The molecule has 0 atom stereocenters. The summed E-state index contributed by atoms with van der Waals surface area (Å²) in [6, 6.07) is 13.2. The Morgan fingerprint density at radius 3 is 2.42 bits per heavy atom. The largest absolute Gasteiger partial charge is 0.496 e. The molecule has 0 aliphatic carbocycles. The van der Waals surface area contributed by atoms with E-state index in [-0.39, 0.29) is 16.6 Å². The molecule has 24 heavy (non-hydrogen) atoms. The van der Waals surface area contributed by atoms with E-state index in [1.165, 1.54) is 19.2 Å². The van der Waals surface area contributed by atoms with Gasteiger partial charge in [-0.1, -0.05) is 24.3 Å². The maximum absolute atomic E-state index is 12.2. The summed E-state index contributed by atoms with van der Waals surface area (Å²) < 4.78 is 5.14. The van der Waals surface area contributed by atoms with E-state index in [2.05, 4.69) is 10.6 Å². The van der Waals surface area contributed by atoms with Crippen LogP contribution in [0.2, 0.25) is 0 Å². The van der Waals surface area contributed by atoms with Crippen LogP contribution in [0.1, 0.15) is 26.3 Å². The molecule has 0 aliphatic heterocycles. The Hall–Kier alpha value is -2.93. The number of thiocarbonyl (C=S) groups is 1. The third kappa shape index (κ3) is 4.53. The summed E-state index contributed by atoms with van der Waals surface area (Å²) >= 11 is 5.10. The number of ether oxygens (including phenoxy) is 1. The number of hydrogen-bond acceptors (Lipinski definition) is 4. The maximum atomic E-state index is 12.2. The first-order chi connectivity index (χ1) is 11.5. The molecule has 0 heterocycles. The van der Waals surface area contributed by atoms with Gasteiger partial charge in [0.25, 0.3) is 5.91 Å². The van der Waals surface area contributed by atoms with Crippen LogP contribution in [0.5, 0.6) is 5.75 Å². The molecule has 0 aliphatic rings. The van der Waals surface area contributed by atoms with Crippen molar-refractivity contribution in [2.75, 3.05) is 7.11 Å². The van der Waals surface area contributed by atoms with Gasteiger partial charge in [-0.15, -0.1) is 0 Å². The summed E-state index contributed by atoms with van der Waals surface area (Å²) in [5.74, 6) is -0.887. The number of carboxylic acid groups (broad SMARTS) is 1. The van der Waals surface area contributed by atoms with Crippen molar-refractivity contribution in [3.05, 3.63) is 65.2 Å². The Labute approximate surface area is 144 Å². The Kier molecular flexibility index (Phi) is 5.86. The summed E-state index contributed by atoms with van der Waals surface area (Å²) in [7, 11) is 1.49. The number of nitrogens with one attached hydrogen (secondary N) is 2. The van der Waals surface area contributed by atoms with Crippen LogP contribution in [0.15, 0.2) is 48.5 Å². The van der Waals surface area contributed by atoms with Crippen LogP contribution in [-0.2, 0) is 6.54 Å². The van der Waals surface area contributed by atoms with Crippen molar-refractivity contribution < 1.29 is 19.4 Å². The topological polar surface area (TPSA) is 87.7 Å². The van der Waals surface area contributed by atoms with E-state index >= 15 is 0 Å². The molecular weight excluding hydrogens is 328 g/mol. The minimum atomic E-state index is -0.978. The van der Waals surface area contributed by atoms with Gasteiger partial charge in [-0.05, 0) is 42.0 Å². The lowest BCUT2D eigenvalue weighted by Crippen LogP contribution is -2.38. The lowest BCUT2D eigenvalue weighted by Gasteiger charge is -2.11. The molecule has 7 heteroatoms. The number of para-hydroxylation sites is 1. The third-order valence-electron chi connectivity index (χ3n) is 3.23. The zero-order chi connectivity index (χ0) is 17.5. The molecule has 0 aromatic heterocycles. The van der Waals surface area contributed by atoms with Crippen LogP contribution in [0.25, 0.3) is 0 Å². The van der Waals surface area contributed by atoms with Crippen LogP contribution >= 0.6 is 12.2 Å². The molecule has 0 bridgehead atoms. The highest BCUT2D eigenvalue weighted by atomic mass is 32.1. The summed E-state index contributed by atoms with van der Waals surface area (Å²) in [4.78, 5) is 23.0. The monoisotopic (exact) mass is 344 g/mol. The SMILES string of the molecule is COc1ccccc1C(=O)NC(=S)NCc1ccc(C(=O)O)cc1. The van der Waals surface area contributed by atoms with Gasteiger partial charge in [0, 0.05) is 6.54 Å². The molecule has 6 nitrogen and oxygen atoms in total. The van der Waals surface area contributed by atoms with Gasteiger partial charge in [0.2, 0.25) is 0 Å². The molecule has 0 unspecified atom stereocenters. The molecule has 1 amide bonds. The fourth-order valence-corrected chi connectivity index (χ4v) is 2.16. The highest BCUT2D eigenvalue weighted by Gasteiger charge is 2.12. The van der Waals surface area contributed by atoms with Crippen molar-refractivity contribution in [1.82, 2.24) is 10.6 Å². The van der Waals surface area contributed by atoms with Crippen LogP contribution in [0.3, 0.4) is 0 Å². The number of hydrogen-bond donors (Lipinski definition) is 3. The van der Waals surface area contributed by atoms with Crippen LogP contribution in [0, 0.1) is 0 Å². The van der Waals surface area contributed by atoms with E-state index in [0.717, 1.165) is 5.56 Å². The Morgan fingerprint density at radius 1 is 1.12 bits per heavy atom. The minimum Gasteiger partial charge on any atom is -0.496 e. The van der Waals surface area contributed by atoms with E-state index in [1.54, 1.807) is 36.4 Å². The van der Waals surface area contributed by atoms with Crippen molar-refractivity contribution in [2.45, 2.75) is 6.54 Å². The summed E-state index contributed by atoms with van der Waals surface area (Å²) in [6.07, 6.45) is 0. The lowest BCUT2D eigenvalue weighted by molar-refractivity contribution is 0.0696. The molecular formula is C17H16N2O4S. The van der Waals surface area contributed by atoms with Gasteiger partial charge in [0.15, 0.2) is 5.11 Å². The average Bonchev–Trinajstić information content (AvgIpc) is 2.60. The number of methoxy groups -OCH3 is 1. The predicted molar refractivity (Wildman–Crippen MR) is 93.3 cm³/mol. The van der Waals surface area contributed by atoms with Crippen molar-refractivity contribution in [3.8, 4) is 5.75 Å². The van der Waals surface area contributed by atoms with E-state index in [0.29, 0.717) is 17.9 Å². The van der Waals surface area contributed by atoms with E-state index in [4.69, 9.17) is 22.1 Å². The third-order valence-corrected chi connectivity index (χ3v) is 3.48. The summed E-state index contributed by atoms with van der Waals surface area (Å²) in [5, 5.41) is 14.5. The fourth-order valence-electron chi connectivity index (χ4n) is 1.99. The smallest absolute Gasteiger partial charge is 0.335 e. The first-order valence-corrected chi connectivity index (χ1v) is 7.46. The highest BCUT2D eigenvalue weighted by molar-refractivity contribution is 7.80. The number of carbonyl (C=O) groups is 2. The fraction of sp³-hybridized carbons (Fsp3) is 0.118. The van der Waals surface area contributed by atoms with Gasteiger partial charge >= 0.3 is 5.97 Å². The second-order valence-electron chi connectivity index (χ2n) is 4.84. The average molecular weight is 344 g/mol. The number of benzene rings is 2. The molecule has 3 N–H and O–H groups in total. The van der Waals surface area contributed by atoms with Gasteiger partial charge in [-0.25, -0.2) is 4.79 Å². The zero-order valence-corrected chi connectivity index (χ0v) is 13.7. The molecule has 124 valence electrons. The van der Waals surface area contributed by atoms with Crippen molar-refractivity contribution in [2.24, 2.45) is 0 Å². The first kappa shape index (κ1) is 17.4. The quantitative estimate of drug-likeness (QED) is 0.721. The van der Waals surface area contributed by atoms with Crippen LogP contribution < -0.4 is 15.4 Å². The van der Waals surface area contributed by atoms with Gasteiger partial charge in [-0.3, -0.25) is 10.1 Å². The Bertz CT molecular complexity index is 759. The molecule has 2 rings (SSSR count). The van der Waals surface area contributed by atoms with E-state index < -0.39 is 5.97 Å². The molecule has 0 radical (unpaired) electrons. The molecule has 0 spiro atoms. The molecule has 0 saturated heterocycles. The van der Waals surface area contributed by atoms with Crippen molar-refractivity contribution in [3.63, 3.8) is 0 Å². The molecule has 2 aromatic carbocycles. The standard InChI is InChI=1S/C17H16N2O4S/c1-23-14-5-3-2-4-13(14)15(20)19-17(24)18-10-11-6-8-12(9-7-11)16(21)22/h2-9H,10H2,1H3,(H,21,22)(H2,18,19,20,24). The number of carboxylic acids is 1. The van der Waals surface area contributed by atoms with E-state index in [9.17, 15) is 9.59 Å². The van der Waals surface area contributed by atoms with E-state index in [1.807, 2.05) is 0 Å². The van der Waals surface area contributed by atoms with Crippen molar-refractivity contribution in [1.29, 1.82) is 0 Å². The normalized spacial score (nSPS) is 9.88. The van der Waals surface area contributed by atoms with Crippen molar-refractivity contribution >= 4 is 29.2 Å². The van der Waals surface area contributed by atoms with Gasteiger partial charge in [0.1, 0.15) is 5.75 Å². The number of rotatable bonds is 5. The summed E-state index contributed by atoms with van der Waals surface area (Å²) in [6.45, 7) is 0.366. The van der Waals surface area contributed by atoms with Crippen LogP contribution in [0.4, 0.5) is 0 Å².